The number of carbonyl (C=O) groups excluding carboxylic acids is 2. The minimum absolute atomic E-state index is 0.223. The molecule has 1 aliphatic heterocycles. The molecule has 56 valence electrons. The minimum Gasteiger partial charge on any atom is -0.369 e. The van der Waals surface area contributed by atoms with Crippen LogP contribution in [0.4, 0.5) is 0 Å². The van der Waals surface area contributed by atoms with Crippen LogP contribution in [0.3, 0.4) is 0 Å². The number of hydrogen-bond donors (Lipinski definition) is 2. The normalized spacial score (nSPS) is 25.6. The molecule has 0 radical (unpaired) electrons. The van der Waals surface area contributed by atoms with Crippen molar-refractivity contribution in [3.63, 3.8) is 0 Å². The molecule has 1 aliphatic rings. The van der Waals surface area contributed by atoms with Gasteiger partial charge in [-0.05, 0) is 12.8 Å². The molecule has 3 N–H and O–H groups in total. The van der Waals surface area contributed by atoms with Crippen LogP contribution < -0.4 is 11.1 Å². The first-order valence-corrected chi connectivity index (χ1v) is 3.29. The fourth-order valence-corrected chi connectivity index (χ4v) is 1.04. The lowest BCUT2D eigenvalue weighted by molar-refractivity contribution is -0.135. The number of hydrogen-bond acceptors (Lipinski definition) is 2. The molecule has 0 aromatic heterocycles. The van der Waals surface area contributed by atoms with Crippen molar-refractivity contribution < 1.29 is 9.59 Å². The molecule has 1 atom stereocenters. The Labute approximate surface area is 58.8 Å². The molecular weight excluding hydrogens is 132 g/mol. The van der Waals surface area contributed by atoms with Crippen molar-refractivity contribution in [2.75, 3.05) is 6.54 Å². The zero-order valence-corrected chi connectivity index (χ0v) is 5.59. The highest BCUT2D eigenvalue weighted by atomic mass is 16.2. The molecule has 0 aromatic rings. The van der Waals surface area contributed by atoms with Crippen molar-refractivity contribution in [2.45, 2.75) is 12.8 Å². The lowest BCUT2D eigenvalue weighted by Gasteiger charge is -2.18. The Hall–Kier alpha value is -1.06. The number of amides is 2. The Morgan fingerprint density at radius 2 is 2.40 bits per heavy atom. The Morgan fingerprint density at radius 1 is 1.70 bits per heavy atom. The highest BCUT2D eigenvalue weighted by Crippen LogP contribution is 2.09. The van der Waals surface area contributed by atoms with E-state index in [1.165, 1.54) is 0 Å². The predicted octanol–water partition coefficient (Wildman–Crippen LogP) is -1.00. The molecule has 1 rings (SSSR count). The Balaban J connectivity index is 2.56. The van der Waals surface area contributed by atoms with Gasteiger partial charge in [0.15, 0.2) is 0 Å². The molecule has 1 heterocycles. The van der Waals surface area contributed by atoms with Gasteiger partial charge in [-0.15, -0.1) is 0 Å². The first-order chi connectivity index (χ1) is 4.72. The number of carbonyl (C=O) groups is 2. The van der Waals surface area contributed by atoms with Crippen LogP contribution >= 0.6 is 0 Å². The molecule has 0 bridgehead atoms. The van der Waals surface area contributed by atoms with Gasteiger partial charge in [-0.25, -0.2) is 0 Å². The number of piperidine rings is 1. The summed E-state index contributed by atoms with van der Waals surface area (Å²) in [6, 6.07) is 0. The van der Waals surface area contributed by atoms with E-state index in [2.05, 4.69) is 5.32 Å². The van der Waals surface area contributed by atoms with Crippen molar-refractivity contribution in [3.05, 3.63) is 0 Å². The van der Waals surface area contributed by atoms with Crippen molar-refractivity contribution >= 4 is 11.8 Å². The molecule has 0 aliphatic carbocycles. The van der Waals surface area contributed by atoms with E-state index < -0.39 is 11.8 Å². The highest BCUT2D eigenvalue weighted by molar-refractivity contribution is 5.99. The van der Waals surface area contributed by atoms with Gasteiger partial charge in [0.2, 0.25) is 11.8 Å². The quantitative estimate of drug-likeness (QED) is 0.461. The van der Waals surface area contributed by atoms with Crippen LogP contribution in [0.2, 0.25) is 0 Å². The van der Waals surface area contributed by atoms with E-state index in [4.69, 9.17) is 5.73 Å². The maximum absolute atomic E-state index is 10.8. The third kappa shape index (κ3) is 1.26. The molecule has 0 aromatic carbocycles. The van der Waals surface area contributed by atoms with Gasteiger partial charge < -0.3 is 11.1 Å². The smallest absolute Gasteiger partial charge is 0.232 e. The third-order valence-electron chi connectivity index (χ3n) is 1.63. The summed E-state index contributed by atoms with van der Waals surface area (Å²) in [5.74, 6) is -1.33. The molecule has 0 spiro atoms. The highest BCUT2D eigenvalue weighted by Gasteiger charge is 2.26. The van der Waals surface area contributed by atoms with Gasteiger partial charge in [0.1, 0.15) is 5.92 Å². The van der Waals surface area contributed by atoms with Gasteiger partial charge in [-0.2, -0.15) is 0 Å². The van der Waals surface area contributed by atoms with E-state index in [0.29, 0.717) is 13.0 Å². The number of rotatable bonds is 1. The summed E-state index contributed by atoms with van der Waals surface area (Å²) in [4.78, 5) is 21.3. The summed E-state index contributed by atoms with van der Waals surface area (Å²) in [7, 11) is 0. The molecule has 10 heavy (non-hydrogen) atoms. The standard InChI is InChI=1S/C6H10N2O2/c7-5(9)4-2-1-3-8-6(4)10/h4H,1-3H2,(H2,7,9)(H,8,10). The molecule has 1 unspecified atom stereocenters. The van der Waals surface area contributed by atoms with Crippen molar-refractivity contribution in [1.29, 1.82) is 0 Å². The SMILES string of the molecule is NC(=O)C1CCCNC1=O. The van der Waals surface area contributed by atoms with E-state index in [-0.39, 0.29) is 5.91 Å². The topological polar surface area (TPSA) is 72.2 Å². The van der Waals surface area contributed by atoms with E-state index in [9.17, 15) is 9.59 Å². The molecule has 0 saturated carbocycles. The predicted molar refractivity (Wildman–Crippen MR) is 34.9 cm³/mol. The van der Waals surface area contributed by atoms with Crippen LogP contribution in [0.15, 0.2) is 0 Å². The zero-order valence-electron chi connectivity index (χ0n) is 5.59. The van der Waals surface area contributed by atoms with E-state index >= 15 is 0 Å². The summed E-state index contributed by atoms with van der Waals surface area (Å²) in [5.41, 5.74) is 4.96. The van der Waals surface area contributed by atoms with Gasteiger partial charge in [-0.1, -0.05) is 0 Å². The lowest BCUT2D eigenvalue weighted by atomic mass is 9.98. The maximum Gasteiger partial charge on any atom is 0.232 e. The van der Waals surface area contributed by atoms with Crippen LogP contribution in [-0.2, 0) is 9.59 Å². The van der Waals surface area contributed by atoms with Crippen LogP contribution in [0.5, 0.6) is 0 Å². The maximum atomic E-state index is 10.8. The third-order valence-corrected chi connectivity index (χ3v) is 1.63. The fourth-order valence-electron chi connectivity index (χ4n) is 1.04. The summed E-state index contributed by atoms with van der Waals surface area (Å²) >= 11 is 0. The lowest BCUT2D eigenvalue weighted by Crippen LogP contribution is -2.42. The summed E-state index contributed by atoms with van der Waals surface area (Å²) < 4.78 is 0. The molecule has 1 saturated heterocycles. The van der Waals surface area contributed by atoms with Crippen LogP contribution in [0, 0.1) is 5.92 Å². The second-order valence-electron chi connectivity index (χ2n) is 2.39. The summed E-state index contributed by atoms with van der Waals surface area (Å²) in [6.07, 6.45) is 1.44. The average Bonchev–Trinajstić information content (AvgIpc) is 1.88. The number of nitrogens with one attached hydrogen (secondary N) is 1. The average molecular weight is 142 g/mol. The first-order valence-electron chi connectivity index (χ1n) is 3.29. The second-order valence-corrected chi connectivity index (χ2v) is 2.39. The molecule has 2 amide bonds. The number of nitrogens with two attached hydrogens (primary N) is 1. The van der Waals surface area contributed by atoms with Gasteiger partial charge in [-0.3, -0.25) is 9.59 Å². The van der Waals surface area contributed by atoms with Gasteiger partial charge in [0.05, 0.1) is 0 Å². The van der Waals surface area contributed by atoms with E-state index in [1.807, 2.05) is 0 Å². The summed E-state index contributed by atoms with van der Waals surface area (Å²) in [6.45, 7) is 0.669. The molecular formula is C6H10N2O2. The van der Waals surface area contributed by atoms with Gasteiger partial charge in [0, 0.05) is 6.54 Å². The Morgan fingerprint density at radius 3 is 2.80 bits per heavy atom. The van der Waals surface area contributed by atoms with Gasteiger partial charge >= 0.3 is 0 Å². The monoisotopic (exact) mass is 142 g/mol. The van der Waals surface area contributed by atoms with E-state index in [1.54, 1.807) is 0 Å². The largest absolute Gasteiger partial charge is 0.369 e. The zero-order chi connectivity index (χ0) is 7.56. The number of primary amides is 1. The van der Waals surface area contributed by atoms with Crippen molar-refractivity contribution in [1.82, 2.24) is 5.32 Å². The second kappa shape index (κ2) is 2.68. The molecule has 4 nitrogen and oxygen atoms in total. The van der Waals surface area contributed by atoms with Crippen molar-refractivity contribution in [2.24, 2.45) is 11.7 Å². The van der Waals surface area contributed by atoms with Crippen molar-refractivity contribution in [3.8, 4) is 0 Å². The fraction of sp³-hybridized carbons (Fsp3) is 0.667. The van der Waals surface area contributed by atoms with Gasteiger partial charge in [0.25, 0.3) is 0 Å². The molecule has 1 fully saturated rings. The Kier molecular flexibility index (Phi) is 1.89. The minimum atomic E-state index is -0.589. The van der Waals surface area contributed by atoms with Crippen LogP contribution in [0.1, 0.15) is 12.8 Å². The van der Waals surface area contributed by atoms with Crippen LogP contribution in [0.25, 0.3) is 0 Å². The van der Waals surface area contributed by atoms with E-state index in [0.717, 1.165) is 6.42 Å². The Bertz CT molecular complexity index is 167. The summed E-state index contributed by atoms with van der Waals surface area (Å²) in [5, 5.41) is 2.57. The molecule has 4 heteroatoms. The van der Waals surface area contributed by atoms with Crippen LogP contribution in [-0.4, -0.2) is 18.4 Å². The first kappa shape index (κ1) is 7.05.